The van der Waals surface area contributed by atoms with Crippen LogP contribution in [0.25, 0.3) is 10.9 Å². The molecule has 1 amide bonds. The molecule has 0 aliphatic carbocycles. The Kier molecular flexibility index (Phi) is 3.82. The van der Waals surface area contributed by atoms with Crippen LogP contribution in [-0.2, 0) is 6.42 Å². The van der Waals surface area contributed by atoms with E-state index in [2.05, 4.69) is 28.5 Å². The maximum atomic E-state index is 13.0. The first-order valence-electron chi connectivity index (χ1n) is 8.39. The second-order valence-corrected chi connectivity index (χ2v) is 6.25. The topological polar surface area (TPSA) is 48.1 Å². The van der Waals surface area contributed by atoms with E-state index in [4.69, 9.17) is 0 Å². The van der Waals surface area contributed by atoms with Gasteiger partial charge in [-0.1, -0.05) is 36.4 Å². The highest BCUT2D eigenvalue weighted by atomic mass is 16.2. The van der Waals surface area contributed by atoms with Gasteiger partial charge >= 0.3 is 0 Å². The molecule has 2 N–H and O–H groups in total. The lowest BCUT2D eigenvalue weighted by molar-refractivity contribution is 0.0657. The fraction of sp³-hybridized carbons (Fsp3) is 0.250. The molecule has 2 heterocycles. The minimum atomic E-state index is 0.0267. The van der Waals surface area contributed by atoms with Crippen molar-refractivity contribution in [3.05, 3.63) is 71.4 Å². The second-order valence-electron chi connectivity index (χ2n) is 6.25. The fourth-order valence-corrected chi connectivity index (χ4v) is 3.71. The Morgan fingerprint density at radius 2 is 1.92 bits per heavy atom. The van der Waals surface area contributed by atoms with Crippen LogP contribution in [0.4, 0.5) is 0 Å². The highest BCUT2D eigenvalue weighted by molar-refractivity contribution is 5.95. The first-order valence-corrected chi connectivity index (χ1v) is 8.39. The largest absolute Gasteiger partial charge is 0.356 e. The van der Waals surface area contributed by atoms with Gasteiger partial charge in [-0.15, -0.1) is 0 Å². The van der Waals surface area contributed by atoms with Crippen molar-refractivity contribution >= 4 is 16.8 Å². The third kappa shape index (κ3) is 2.39. The van der Waals surface area contributed by atoms with Crippen molar-refractivity contribution in [2.75, 3.05) is 20.1 Å². The highest BCUT2D eigenvalue weighted by Gasteiger charge is 2.33. The van der Waals surface area contributed by atoms with Gasteiger partial charge in [0.15, 0.2) is 0 Å². The molecule has 4 rings (SSSR count). The first kappa shape index (κ1) is 15.0. The average Bonchev–Trinajstić information content (AvgIpc) is 3.01. The third-order valence-electron chi connectivity index (χ3n) is 4.84. The third-order valence-corrected chi connectivity index (χ3v) is 4.84. The van der Waals surface area contributed by atoms with Gasteiger partial charge < -0.3 is 15.2 Å². The quantitative estimate of drug-likeness (QED) is 0.779. The molecular weight excluding hydrogens is 298 g/mol. The van der Waals surface area contributed by atoms with Gasteiger partial charge in [0.1, 0.15) is 0 Å². The average molecular weight is 319 g/mol. The number of para-hydroxylation sites is 1. The number of carbonyl (C=O) groups is 1. The van der Waals surface area contributed by atoms with Crippen LogP contribution in [0, 0.1) is 0 Å². The van der Waals surface area contributed by atoms with Gasteiger partial charge in [-0.2, -0.15) is 0 Å². The fourth-order valence-electron chi connectivity index (χ4n) is 3.71. The van der Waals surface area contributed by atoms with Crippen molar-refractivity contribution in [2.45, 2.75) is 12.5 Å². The van der Waals surface area contributed by atoms with E-state index in [1.165, 1.54) is 16.6 Å². The SMILES string of the molecule is CNCC1c2[nH]c3ccccc3c2CCN1C(=O)c1ccccc1. The molecule has 0 radical (unpaired) electrons. The van der Waals surface area contributed by atoms with E-state index in [0.29, 0.717) is 0 Å². The summed E-state index contributed by atoms with van der Waals surface area (Å²) in [5, 5.41) is 4.52. The Morgan fingerprint density at radius 1 is 1.17 bits per heavy atom. The minimum Gasteiger partial charge on any atom is -0.356 e. The van der Waals surface area contributed by atoms with Crippen LogP contribution in [-0.4, -0.2) is 35.9 Å². The lowest BCUT2D eigenvalue weighted by Crippen LogP contribution is -2.43. The molecule has 1 aromatic heterocycles. The van der Waals surface area contributed by atoms with Gasteiger partial charge in [-0.3, -0.25) is 4.79 Å². The predicted molar refractivity (Wildman–Crippen MR) is 96.1 cm³/mol. The smallest absolute Gasteiger partial charge is 0.254 e. The lowest BCUT2D eigenvalue weighted by atomic mass is 9.96. The first-order chi connectivity index (χ1) is 11.8. The van der Waals surface area contributed by atoms with E-state index in [9.17, 15) is 4.79 Å². The molecule has 3 aromatic rings. The van der Waals surface area contributed by atoms with Crippen LogP contribution >= 0.6 is 0 Å². The molecule has 1 atom stereocenters. The van der Waals surface area contributed by atoms with Crippen molar-refractivity contribution in [1.82, 2.24) is 15.2 Å². The molecule has 0 spiro atoms. The normalized spacial score (nSPS) is 17.0. The summed E-state index contributed by atoms with van der Waals surface area (Å²) < 4.78 is 0. The summed E-state index contributed by atoms with van der Waals surface area (Å²) in [4.78, 5) is 18.5. The summed E-state index contributed by atoms with van der Waals surface area (Å²) in [7, 11) is 1.93. The number of amides is 1. The van der Waals surface area contributed by atoms with E-state index >= 15 is 0 Å². The lowest BCUT2D eigenvalue weighted by Gasteiger charge is -2.36. The van der Waals surface area contributed by atoms with Gasteiger partial charge in [0.05, 0.1) is 6.04 Å². The van der Waals surface area contributed by atoms with E-state index in [-0.39, 0.29) is 11.9 Å². The molecule has 1 aliphatic heterocycles. The zero-order chi connectivity index (χ0) is 16.5. The number of nitrogens with zero attached hydrogens (tertiary/aromatic N) is 1. The Bertz CT molecular complexity index is 869. The van der Waals surface area contributed by atoms with Crippen LogP contribution in [0.5, 0.6) is 0 Å². The Labute approximate surface area is 141 Å². The molecule has 0 saturated heterocycles. The molecular formula is C20H21N3O. The Hall–Kier alpha value is -2.59. The molecule has 4 nitrogen and oxygen atoms in total. The number of aromatic nitrogens is 1. The number of aromatic amines is 1. The van der Waals surface area contributed by atoms with Gasteiger partial charge in [0.25, 0.3) is 5.91 Å². The molecule has 122 valence electrons. The van der Waals surface area contributed by atoms with E-state index in [0.717, 1.165) is 30.6 Å². The summed E-state index contributed by atoms with van der Waals surface area (Å²) in [6.07, 6.45) is 0.887. The van der Waals surface area contributed by atoms with Gasteiger partial charge in [-0.25, -0.2) is 0 Å². The number of hydrogen-bond acceptors (Lipinski definition) is 2. The van der Waals surface area contributed by atoms with E-state index in [1.807, 2.05) is 48.3 Å². The van der Waals surface area contributed by atoms with Crippen molar-refractivity contribution in [3.63, 3.8) is 0 Å². The van der Waals surface area contributed by atoms with Crippen LogP contribution in [0.3, 0.4) is 0 Å². The Balaban J connectivity index is 1.76. The number of nitrogens with one attached hydrogen (secondary N) is 2. The number of hydrogen-bond donors (Lipinski definition) is 2. The van der Waals surface area contributed by atoms with Crippen LogP contribution in [0.1, 0.15) is 27.7 Å². The van der Waals surface area contributed by atoms with Crippen molar-refractivity contribution in [2.24, 2.45) is 0 Å². The van der Waals surface area contributed by atoms with Crippen molar-refractivity contribution < 1.29 is 4.79 Å². The highest BCUT2D eigenvalue weighted by Crippen LogP contribution is 2.34. The van der Waals surface area contributed by atoms with E-state index in [1.54, 1.807) is 0 Å². The number of carbonyl (C=O) groups excluding carboxylic acids is 1. The molecule has 4 heteroatoms. The number of fused-ring (bicyclic) bond motifs is 3. The number of rotatable bonds is 3. The van der Waals surface area contributed by atoms with Crippen LogP contribution in [0.15, 0.2) is 54.6 Å². The second kappa shape index (κ2) is 6.13. The van der Waals surface area contributed by atoms with Crippen LogP contribution < -0.4 is 5.32 Å². The summed E-state index contributed by atoms with van der Waals surface area (Å²) in [5.41, 5.74) is 4.42. The monoisotopic (exact) mass is 319 g/mol. The predicted octanol–water partition coefficient (Wildman–Crippen LogP) is 3.13. The molecule has 1 aliphatic rings. The molecule has 2 aromatic carbocycles. The molecule has 0 bridgehead atoms. The summed E-state index contributed by atoms with van der Waals surface area (Å²) in [5.74, 6) is 0.0974. The zero-order valence-electron chi connectivity index (χ0n) is 13.8. The number of H-pyrrole nitrogens is 1. The van der Waals surface area contributed by atoms with Crippen molar-refractivity contribution in [1.29, 1.82) is 0 Å². The van der Waals surface area contributed by atoms with Crippen molar-refractivity contribution in [3.8, 4) is 0 Å². The van der Waals surface area contributed by atoms with Gasteiger partial charge in [0.2, 0.25) is 0 Å². The number of benzene rings is 2. The molecule has 1 unspecified atom stereocenters. The van der Waals surface area contributed by atoms with Crippen LogP contribution in [0.2, 0.25) is 0 Å². The standard InChI is InChI=1S/C20H21N3O/c1-21-13-18-19-16(15-9-5-6-10-17(15)22-19)11-12-23(18)20(24)14-7-3-2-4-8-14/h2-10,18,21-22H,11-13H2,1H3. The summed E-state index contributed by atoms with van der Waals surface area (Å²) >= 11 is 0. The maximum Gasteiger partial charge on any atom is 0.254 e. The van der Waals surface area contributed by atoms with Gasteiger partial charge in [-0.05, 0) is 37.2 Å². The summed E-state index contributed by atoms with van der Waals surface area (Å²) in [6, 6.07) is 18.0. The molecule has 0 saturated carbocycles. The van der Waals surface area contributed by atoms with E-state index < -0.39 is 0 Å². The Morgan fingerprint density at radius 3 is 2.71 bits per heavy atom. The molecule has 0 fully saturated rings. The maximum absolute atomic E-state index is 13.0. The van der Waals surface area contributed by atoms with Gasteiger partial charge in [0, 0.05) is 35.2 Å². The molecule has 24 heavy (non-hydrogen) atoms. The zero-order valence-corrected chi connectivity index (χ0v) is 13.8. The summed E-state index contributed by atoms with van der Waals surface area (Å²) in [6.45, 7) is 1.48. The minimum absolute atomic E-state index is 0.0267. The number of likely N-dealkylation sites (N-methyl/N-ethyl adjacent to an activating group) is 1.